The van der Waals surface area contributed by atoms with Gasteiger partial charge in [-0.2, -0.15) is 0 Å². The highest BCUT2D eigenvalue weighted by molar-refractivity contribution is 5.71. The van der Waals surface area contributed by atoms with E-state index in [2.05, 4.69) is 9.97 Å². The highest BCUT2D eigenvalue weighted by Gasteiger charge is 2.16. The molecule has 0 spiro atoms. The number of rotatable bonds is 4. The molecule has 0 fully saturated rings. The molecule has 4 heteroatoms. The van der Waals surface area contributed by atoms with Gasteiger partial charge in [0.05, 0.1) is 5.69 Å². The lowest BCUT2D eigenvalue weighted by Gasteiger charge is -2.19. The molecule has 0 amide bonds. The SMILES string of the molecule is CC(C)(C)OC(=O)CCc1cccnc1-c1ccncc1. The van der Waals surface area contributed by atoms with E-state index in [1.807, 2.05) is 45.0 Å². The summed E-state index contributed by atoms with van der Waals surface area (Å²) >= 11 is 0. The van der Waals surface area contributed by atoms with Gasteiger partial charge < -0.3 is 4.74 Å². The minimum Gasteiger partial charge on any atom is -0.460 e. The summed E-state index contributed by atoms with van der Waals surface area (Å²) < 4.78 is 5.34. The lowest BCUT2D eigenvalue weighted by Crippen LogP contribution is -2.24. The molecule has 0 unspecified atom stereocenters. The van der Waals surface area contributed by atoms with Gasteiger partial charge in [-0.3, -0.25) is 14.8 Å². The molecule has 0 aliphatic carbocycles. The quantitative estimate of drug-likeness (QED) is 0.807. The van der Waals surface area contributed by atoms with E-state index in [4.69, 9.17) is 4.74 Å². The molecule has 21 heavy (non-hydrogen) atoms. The summed E-state index contributed by atoms with van der Waals surface area (Å²) in [6, 6.07) is 7.71. The summed E-state index contributed by atoms with van der Waals surface area (Å²) in [5.41, 5.74) is 2.49. The first-order valence-electron chi connectivity index (χ1n) is 7.02. The number of esters is 1. The van der Waals surface area contributed by atoms with Gasteiger partial charge in [0.25, 0.3) is 0 Å². The summed E-state index contributed by atoms with van der Waals surface area (Å²) in [5, 5.41) is 0. The van der Waals surface area contributed by atoms with E-state index in [0.717, 1.165) is 16.8 Å². The molecule has 4 nitrogen and oxygen atoms in total. The molecule has 110 valence electrons. The van der Waals surface area contributed by atoms with Gasteiger partial charge in [-0.05, 0) is 51.0 Å². The van der Waals surface area contributed by atoms with Crippen LogP contribution in [0.15, 0.2) is 42.9 Å². The largest absolute Gasteiger partial charge is 0.460 e. The second-order valence-corrected chi connectivity index (χ2v) is 5.83. The molecule has 0 atom stereocenters. The molecule has 0 N–H and O–H groups in total. The average Bonchev–Trinajstić information content (AvgIpc) is 2.45. The minimum absolute atomic E-state index is 0.188. The van der Waals surface area contributed by atoms with Gasteiger partial charge >= 0.3 is 5.97 Å². The summed E-state index contributed by atoms with van der Waals surface area (Å²) in [5.74, 6) is -0.188. The zero-order valence-corrected chi connectivity index (χ0v) is 12.7. The van der Waals surface area contributed by atoms with E-state index in [0.29, 0.717) is 12.8 Å². The van der Waals surface area contributed by atoms with Crippen LogP contribution in [0.3, 0.4) is 0 Å². The number of nitrogens with zero attached hydrogens (tertiary/aromatic N) is 2. The van der Waals surface area contributed by atoms with Crippen molar-refractivity contribution in [2.75, 3.05) is 0 Å². The Morgan fingerprint density at radius 3 is 2.52 bits per heavy atom. The topological polar surface area (TPSA) is 52.1 Å². The second-order valence-electron chi connectivity index (χ2n) is 5.83. The molecule has 2 heterocycles. The van der Waals surface area contributed by atoms with Crippen molar-refractivity contribution in [1.29, 1.82) is 0 Å². The van der Waals surface area contributed by atoms with Crippen LogP contribution < -0.4 is 0 Å². The number of aryl methyl sites for hydroxylation is 1. The summed E-state index contributed by atoms with van der Waals surface area (Å²) in [4.78, 5) is 20.3. The van der Waals surface area contributed by atoms with E-state index in [9.17, 15) is 4.79 Å². The molecular weight excluding hydrogens is 264 g/mol. The maximum atomic E-state index is 11.8. The van der Waals surface area contributed by atoms with Gasteiger partial charge in [-0.25, -0.2) is 0 Å². The molecule has 2 rings (SSSR count). The summed E-state index contributed by atoms with van der Waals surface area (Å²) in [6.45, 7) is 5.62. The van der Waals surface area contributed by atoms with Crippen LogP contribution in [0.25, 0.3) is 11.3 Å². The van der Waals surface area contributed by atoms with Crippen molar-refractivity contribution in [3.8, 4) is 11.3 Å². The maximum absolute atomic E-state index is 11.8. The minimum atomic E-state index is -0.444. The Morgan fingerprint density at radius 1 is 1.14 bits per heavy atom. The normalized spacial score (nSPS) is 11.2. The monoisotopic (exact) mass is 284 g/mol. The second kappa shape index (κ2) is 6.48. The number of carbonyl (C=O) groups excluding carboxylic acids is 1. The smallest absolute Gasteiger partial charge is 0.306 e. The molecule has 2 aromatic rings. The van der Waals surface area contributed by atoms with Crippen LogP contribution in [-0.4, -0.2) is 21.5 Å². The fourth-order valence-corrected chi connectivity index (χ4v) is 2.04. The molecular formula is C17H20N2O2. The van der Waals surface area contributed by atoms with Crippen molar-refractivity contribution in [1.82, 2.24) is 9.97 Å². The van der Waals surface area contributed by atoms with Crippen molar-refractivity contribution >= 4 is 5.97 Å². The Bertz CT molecular complexity index is 604. The maximum Gasteiger partial charge on any atom is 0.306 e. The summed E-state index contributed by atoms with van der Waals surface area (Å²) in [6.07, 6.45) is 6.19. The van der Waals surface area contributed by atoms with Crippen LogP contribution in [0.2, 0.25) is 0 Å². The fourth-order valence-electron chi connectivity index (χ4n) is 2.04. The Morgan fingerprint density at radius 2 is 1.86 bits per heavy atom. The number of ether oxygens (including phenoxy) is 1. The molecule has 0 aliphatic heterocycles. The molecule has 0 saturated heterocycles. The third-order valence-corrected chi connectivity index (χ3v) is 2.86. The van der Waals surface area contributed by atoms with Gasteiger partial charge in [0.15, 0.2) is 0 Å². The molecule has 0 bridgehead atoms. The van der Waals surface area contributed by atoms with Crippen LogP contribution in [0.5, 0.6) is 0 Å². The highest BCUT2D eigenvalue weighted by Crippen LogP contribution is 2.21. The lowest BCUT2D eigenvalue weighted by atomic mass is 10.0. The Labute approximate surface area is 125 Å². The van der Waals surface area contributed by atoms with Crippen LogP contribution >= 0.6 is 0 Å². The lowest BCUT2D eigenvalue weighted by molar-refractivity contribution is -0.154. The van der Waals surface area contributed by atoms with Crippen molar-refractivity contribution in [3.63, 3.8) is 0 Å². The van der Waals surface area contributed by atoms with Gasteiger partial charge in [0.1, 0.15) is 5.60 Å². The predicted molar refractivity (Wildman–Crippen MR) is 81.6 cm³/mol. The Hall–Kier alpha value is -2.23. The van der Waals surface area contributed by atoms with E-state index in [1.165, 1.54) is 0 Å². The summed E-state index contributed by atoms with van der Waals surface area (Å²) in [7, 11) is 0. The van der Waals surface area contributed by atoms with Crippen LogP contribution in [0, 0.1) is 0 Å². The third-order valence-electron chi connectivity index (χ3n) is 2.86. The zero-order chi connectivity index (χ0) is 15.3. The number of aromatic nitrogens is 2. The molecule has 0 aliphatic rings. The van der Waals surface area contributed by atoms with Crippen molar-refractivity contribution in [3.05, 3.63) is 48.4 Å². The van der Waals surface area contributed by atoms with Crippen LogP contribution in [-0.2, 0) is 16.0 Å². The predicted octanol–water partition coefficient (Wildman–Crippen LogP) is 3.42. The Kier molecular flexibility index (Phi) is 4.68. The van der Waals surface area contributed by atoms with Gasteiger partial charge in [-0.15, -0.1) is 0 Å². The first-order valence-corrected chi connectivity index (χ1v) is 7.02. The van der Waals surface area contributed by atoms with E-state index >= 15 is 0 Å². The van der Waals surface area contributed by atoms with Crippen LogP contribution in [0.4, 0.5) is 0 Å². The number of carbonyl (C=O) groups is 1. The Balaban J connectivity index is 2.10. The first-order chi connectivity index (χ1) is 9.96. The van der Waals surface area contributed by atoms with Crippen LogP contribution in [0.1, 0.15) is 32.8 Å². The fraction of sp³-hybridized carbons (Fsp3) is 0.353. The molecule has 2 aromatic heterocycles. The van der Waals surface area contributed by atoms with Crippen molar-refractivity contribution < 1.29 is 9.53 Å². The first kappa shape index (κ1) is 15.2. The molecule has 0 radical (unpaired) electrons. The molecule has 0 aromatic carbocycles. The average molecular weight is 284 g/mol. The number of hydrogen-bond acceptors (Lipinski definition) is 4. The third kappa shape index (κ3) is 4.67. The van der Waals surface area contributed by atoms with E-state index < -0.39 is 5.60 Å². The molecule has 0 saturated carbocycles. The number of pyridine rings is 2. The zero-order valence-electron chi connectivity index (χ0n) is 12.7. The number of hydrogen-bond donors (Lipinski definition) is 0. The van der Waals surface area contributed by atoms with E-state index in [-0.39, 0.29) is 5.97 Å². The standard InChI is InChI=1S/C17H20N2O2/c1-17(2,3)21-15(20)7-6-13-5-4-10-19-16(13)14-8-11-18-12-9-14/h4-5,8-12H,6-7H2,1-3H3. The van der Waals surface area contributed by atoms with Crippen molar-refractivity contribution in [2.24, 2.45) is 0 Å². The van der Waals surface area contributed by atoms with E-state index in [1.54, 1.807) is 18.6 Å². The van der Waals surface area contributed by atoms with Gasteiger partial charge in [0.2, 0.25) is 0 Å². The van der Waals surface area contributed by atoms with Gasteiger partial charge in [0, 0.05) is 30.6 Å². The highest BCUT2D eigenvalue weighted by atomic mass is 16.6. The van der Waals surface area contributed by atoms with Gasteiger partial charge in [-0.1, -0.05) is 6.07 Å². The van der Waals surface area contributed by atoms with Crippen molar-refractivity contribution in [2.45, 2.75) is 39.2 Å².